The van der Waals surface area contributed by atoms with E-state index in [0.29, 0.717) is 22.0 Å². The summed E-state index contributed by atoms with van der Waals surface area (Å²) in [5.41, 5.74) is 0.661. The van der Waals surface area contributed by atoms with Crippen LogP contribution in [0.1, 0.15) is 5.56 Å². The van der Waals surface area contributed by atoms with Crippen molar-refractivity contribution in [3.63, 3.8) is 0 Å². The first-order valence-corrected chi connectivity index (χ1v) is 10.1. The van der Waals surface area contributed by atoms with E-state index in [2.05, 4.69) is 15.0 Å². The van der Waals surface area contributed by atoms with E-state index in [1.54, 1.807) is 30.3 Å². The SMILES string of the molecule is O=c1[nH]c2ccc(F)cc2c(-c2ccccc2)c1S(=O)(=O)/C=C/c1cncnc1. The summed E-state index contributed by atoms with van der Waals surface area (Å²) in [5, 5.41) is 1.22. The van der Waals surface area contributed by atoms with Crippen molar-refractivity contribution in [2.45, 2.75) is 4.90 Å². The smallest absolute Gasteiger partial charge is 0.268 e. The second-order valence-electron chi connectivity index (χ2n) is 6.23. The van der Waals surface area contributed by atoms with Crippen LogP contribution in [0.3, 0.4) is 0 Å². The first-order valence-electron chi connectivity index (χ1n) is 8.55. The molecule has 0 unspecified atom stereocenters. The molecule has 0 aliphatic heterocycles. The van der Waals surface area contributed by atoms with Crippen LogP contribution < -0.4 is 5.56 Å². The number of nitrogens with zero attached hydrogens (tertiary/aromatic N) is 2. The molecule has 2 aromatic carbocycles. The molecule has 6 nitrogen and oxygen atoms in total. The highest BCUT2D eigenvalue weighted by atomic mass is 32.2. The lowest BCUT2D eigenvalue weighted by Crippen LogP contribution is -2.18. The average molecular weight is 407 g/mol. The minimum absolute atomic E-state index is 0.151. The zero-order valence-electron chi connectivity index (χ0n) is 14.9. The Morgan fingerprint density at radius 2 is 1.72 bits per heavy atom. The van der Waals surface area contributed by atoms with Gasteiger partial charge in [0.1, 0.15) is 17.0 Å². The lowest BCUT2D eigenvalue weighted by atomic mass is 10.0. The molecule has 0 bridgehead atoms. The largest absolute Gasteiger partial charge is 0.321 e. The number of H-pyrrole nitrogens is 1. The lowest BCUT2D eigenvalue weighted by molar-refractivity contribution is 0.604. The number of hydrogen-bond donors (Lipinski definition) is 1. The summed E-state index contributed by atoms with van der Waals surface area (Å²) in [6.07, 6.45) is 5.51. The second kappa shape index (κ2) is 7.40. The number of halogens is 1. The van der Waals surface area contributed by atoms with E-state index >= 15 is 0 Å². The Morgan fingerprint density at radius 3 is 2.45 bits per heavy atom. The van der Waals surface area contributed by atoms with E-state index in [1.165, 1.54) is 43.0 Å². The van der Waals surface area contributed by atoms with Crippen molar-refractivity contribution in [1.82, 2.24) is 15.0 Å². The van der Waals surface area contributed by atoms with Crippen molar-refractivity contribution >= 4 is 26.8 Å². The Hall–Kier alpha value is -3.65. The minimum Gasteiger partial charge on any atom is -0.321 e. The van der Waals surface area contributed by atoms with Gasteiger partial charge in [-0.2, -0.15) is 0 Å². The molecule has 0 aliphatic carbocycles. The maximum atomic E-state index is 14.0. The molecule has 144 valence electrons. The zero-order chi connectivity index (χ0) is 20.4. The summed E-state index contributed by atoms with van der Waals surface area (Å²) < 4.78 is 40.2. The van der Waals surface area contributed by atoms with Crippen molar-refractivity contribution < 1.29 is 12.8 Å². The van der Waals surface area contributed by atoms with Gasteiger partial charge in [-0.3, -0.25) is 4.79 Å². The predicted octanol–water partition coefficient (Wildman–Crippen LogP) is 3.57. The molecule has 0 spiro atoms. The fourth-order valence-electron chi connectivity index (χ4n) is 3.04. The van der Waals surface area contributed by atoms with Crippen molar-refractivity contribution in [2.75, 3.05) is 0 Å². The van der Waals surface area contributed by atoms with Crippen LogP contribution in [0.4, 0.5) is 4.39 Å². The highest BCUT2D eigenvalue weighted by molar-refractivity contribution is 7.94. The highest BCUT2D eigenvalue weighted by Gasteiger charge is 2.24. The van der Waals surface area contributed by atoms with Gasteiger partial charge in [-0.15, -0.1) is 0 Å². The fraction of sp³-hybridized carbons (Fsp3) is 0. The summed E-state index contributed by atoms with van der Waals surface area (Å²) >= 11 is 0. The van der Waals surface area contributed by atoms with E-state index < -0.39 is 26.1 Å². The standard InChI is InChI=1S/C21H14FN3O3S/c22-16-6-7-18-17(10-16)19(15-4-2-1-3-5-15)20(21(26)25-18)29(27,28)9-8-14-11-23-13-24-12-14/h1-13H,(H,25,26)/b9-8+. The first-order chi connectivity index (χ1) is 14.0. The third-order valence-electron chi connectivity index (χ3n) is 4.30. The lowest BCUT2D eigenvalue weighted by Gasteiger charge is -2.12. The van der Waals surface area contributed by atoms with Crippen molar-refractivity contribution in [3.8, 4) is 11.1 Å². The number of pyridine rings is 1. The van der Waals surface area contributed by atoms with Gasteiger partial charge in [-0.05, 0) is 29.8 Å². The van der Waals surface area contributed by atoms with Crippen LogP contribution in [0.2, 0.25) is 0 Å². The van der Waals surface area contributed by atoms with Crippen LogP contribution in [0.15, 0.2) is 82.4 Å². The molecule has 0 saturated heterocycles. The van der Waals surface area contributed by atoms with E-state index in [0.717, 1.165) is 5.41 Å². The van der Waals surface area contributed by atoms with Gasteiger partial charge in [0.25, 0.3) is 5.56 Å². The minimum atomic E-state index is -4.17. The van der Waals surface area contributed by atoms with Gasteiger partial charge in [0.05, 0.1) is 0 Å². The molecule has 2 heterocycles. The molecule has 4 rings (SSSR count). The highest BCUT2D eigenvalue weighted by Crippen LogP contribution is 2.33. The second-order valence-corrected chi connectivity index (χ2v) is 8.00. The Kier molecular flexibility index (Phi) is 4.77. The normalized spacial score (nSPS) is 11.9. The monoisotopic (exact) mass is 407 g/mol. The van der Waals surface area contributed by atoms with Gasteiger partial charge < -0.3 is 4.98 Å². The van der Waals surface area contributed by atoms with E-state index in [9.17, 15) is 17.6 Å². The Morgan fingerprint density at radius 1 is 1.00 bits per heavy atom. The average Bonchev–Trinajstić information content (AvgIpc) is 2.73. The summed E-state index contributed by atoms with van der Waals surface area (Å²) in [6.45, 7) is 0. The van der Waals surface area contributed by atoms with Gasteiger partial charge in [-0.25, -0.2) is 22.8 Å². The van der Waals surface area contributed by atoms with Crippen molar-refractivity contribution in [1.29, 1.82) is 0 Å². The summed E-state index contributed by atoms with van der Waals surface area (Å²) in [4.78, 5) is 22.5. The predicted molar refractivity (Wildman–Crippen MR) is 108 cm³/mol. The third kappa shape index (κ3) is 3.70. The summed E-state index contributed by atoms with van der Waals surface area (Å²) in [7, 11) is -4.17. The summed E-state index contributed by atoms with van der Waals surface area (Å²) in [6, 6.07) is 12.4. The number of fused-ring (bicyclic) bond motifs is 1. The molecule has 0 saturated carbocycles. The quantitative estimate of drug-likeness (QED) is 0.558. The van der Waals surface area contributed by atoms with Crippen LogP contribution in [0, 0.1) is 5.82 Å². The molecule has 0 atom stereocenters. The number of nitrogens with one attached hydrogen (secondary N) is 1. The third-order valence-corrected chi connectivity index (χ3v) is 5.75. The molecule has 8 heteroatoms. The molecule has 0 radical (unpaired) electrons. The molecule has 0 aliphatic rings. The van der Waals surface area contributed by atoms with Crippen LogP contribution in [0.5, 0.6) is 0 Å². The van der Waals surface area contributed by atoms with Crippen molar-refractivity contribution in [3.05, 3.63) is 94.4 Å². The maximum Gasteiger partial charge on any atom is 0.268 e. The van der Waals surface area contributed by atoms with Gasteiger partial charge in [-0.1, -0.05) is 30.3 Å². The molecule has 29 heavy (non-hydrogen) atoms. The number of benzene rings is 2. The maximum absolute atomic E-state index is 14.0. The van der Waals surface area contributed by atoms with E-state index in [1.807, 2.05) is 0 Å². The zero-order valence-corrected chi connectivity index (χ0v) is 15.7. The van der Waals surface area contributed by atoms with E-state index in [-0.39, 0.29) is 5.56 Å². The van der Waals surface area contributed by atoms with Crippen LogP contribution >= 0.6 is 0 Å². The van der Waals surface area contributed by atoms with Gasteiger partial charge in [0.15, 0.2) is 0 Å². The van der Waals surface area contributed by atoms with Crippen LogP contribution in [-0.4, -0.2) is 23.4 Å². The topological polar surface area (TPSA) is 92.8 Å². The Labute approximate surface area is 165 Å². The first kappa shape index (κ1) is 18.7. The Bertz CT molecular complexity index is 1380. The van der Waals surface area contributed by atoms with Crippen LogP contribution in [-0.2, 0) is 9.84 Å². The fourth-order valence-corrected chi connectivity index (χ4v) is 4.34. The molecular weight excluding hydrogens is 393 g/mol. The van der Waals surface area contributed by atoms with Crippen LogP contribution in [0.25, 0.3) is 28.1 Å². The number of aromatic amines is 1. The molecule has 0 amide bonds. The molecule has 2 aromatic heterocycles. The van der Waals surface area contributed by atoms with Gasteiger partial charge in [0, 0.05) is 39.8 Å². The molecule has 4 aromatic rings. The number of hydrogen-bond acceptors (Lipinski definition) is 5. The van der Waals surface area contributed by atoms with Gasteiger partial charge >= 0.3 is 0 Å². The Balaban J connectivity index is 2.02. The number of aromatic nitrogens is 3. The summed E-state index contributed by atoms with van der Waals surface area (Å²) in [5.74, 6) is -0.540. The number of rotatable bonds is 4. The van der Waals surface area contributed by atoms with Gasteiger partial charge in [0.2, 0.25) is 9.84 Å². The molecular formula is C21H14FN3O3S. The molecule has 1 N–H and O–H groups in total. The van der Waals surface area contributed by atoms with E-state index in [4.69, 9.17) is 0 Å². The molecule has 0 fully saturated rings. The number of sulfone groups is 1. The van der Waals surface area contributed by atoms with Crippen molar-refractivity contribution in [2.24, 2.45) is 0 Å².